The van der Waals surface area contributed by atoms with Crippen LogP contribution in [0.1, 0.15) is 27.4 Å². The van der Waals surface area contributed by atoms with Crippen molar-refractivity contribution in [1.29, 1.82) is 0 Å². The smallest absolute Gasteiger partial charge is 0.249 e. The second-order valence-electron chi connectivity index (χ2n) is 8.49. The standard InChI is InChI=1S/C25H28N2O9/c1-33-13-20(30)27(10-14-3-6-35-12-14)18-9-17(25(32)26-4-5-28)21-16-7-15(11-29)8-19(34-2)23(16)36-24(21)22(18)31/h3,6-9,11-12,18,21-22,24,28,31H,4-5,10,13H2,1-2H3,(H,26,32). The molecule has 4 atom stereocenters. The van der Waals surface area contributed by atoms with Crippen LogP contribution in [-0.4, -0.2) is 85.4 Å². The van der Waals surface area contributed by atoms with Gasteiger partial charge in [0.15, 0.2) is 11.5 Å². The van der Waals surface area contributed by atoms with Crippen molar-refractivity contribution in [3.05, 3.63) is 59.1 Å². The largest absolute Gasteiger partial charge is 0.493 e. The third kappa shape index (κ3) is 4.72. The number of aliphatic hydroxyl groups is 2. The summed E-state index contributed by atoms with van der Waals surface area (Å²) >= 11 is 0. The molecular weight excluding hydrogens is 472 g/mol. The summed E-state index contributed by atoms with van der Waals surface area (Å²) in [4.78, 5) is 39.2. The van der Waals surface area contributed by atoms with Crippen LogP contribution in [0.3, 0.4) is 0 Å². The first-order chi connectivity index (χ1) is 17.4. The Balaban J connectivity index is 1.81. The molecule has 11 heteroatoms. The zero-order valence-corrected chi connectivity index (χ0v) is 19.9. The van der Waals surface area contributed by atoms with Crippen LogP contribution in [0.5, 0.6) is 11.5 Å². The predicted octanol–water partition coefficient (Wildman–Crippen LogP) is 0.399. The average molecular weight is 501 g/mol. The van der Waals surface area contributed by atoms with Gasteiger partial charge in [0.2, 0.25) is 11.8 Å². The summed E-state index contributed by atoms with van der Waals surface area (Å²) in [6.45, 7) is -0.417. The molecule has 1 aliphatic heterocycles. The zero-order valence-electron chi connectivity index (χ0n) is 19.9. The molecule has 2 amide bonds. The molecule has 36 heavy (non-hydrogen) atoms. The number of ether oxygens (including phenoxy) is 3. The third-order valence-electron chi connectivity index (χ3n) is 6.29. The molecule has 0 radical (unpaired) electrons. The highest BCUT2D eigenvalue weighted by molar-refractivity contribution is 5.96. The van der Waals surface area contributed by atoms with E-state index in [9.17, 15) is 24.6 Å². The van der Waals surface area contributed by atoms with Crippen molar-refractivity contribution in [3.63, 3.8) is 0 Å². The summed E-state index contributed by atoms with van der Waals surface area (Å²) < 4.78 is 21.7. The first kappa shape index (κ1) is 25.4. The van der Waals surface area contributed by atoms with Crippen LogP contribution in [0, 0.1) is 0 Å². The highest BCUT2D eigenvalue weighted by atomic mass is 16.5. The molecule has 1 aliphatic carbocycles. The van der Waals surface area contributed by atoms with Gasteiger partial charge in [-0.1, -0.05) is 0 Å². The number of nitrogens with zero attached hydrogens (tertiary/aromatic N) is 1. The van der Waals surface area contributed by atoms with Gasteiger partial charge in [0, 0.05) is 42.5 Å². The van der Waals surface area contributed by atoms with Crippen molar-refractivity contribution < 1.29 is 43.2 Å². The van der Waals surface area contributed by atoms with Crippen LogP contribution >= 0.6 is 0 Å². The highest BCUT2D eigenvalue weighted by Gasteiger charge is 2.51. The molecule has 0 saturated heterocycles. The van der Waals surface area contributed by atoms with Gasteiger partial charge in [-0.2, -0.15) is 0 Å². The summed E-state index contributed by atoms with van der Waals surface area (Å²) in [5.41, 5.74) is 1.74. The number of hydrogen-bond acceptors (Lipinski definition) is 9. The second-order valence-corrected chi connectivity index (χ2v) is 8.49. The van der Waals surface area contributed by atoms with Crippen LogP contribution in [0.2, 0.25) is 0 Å². The van der Waals surface area contributed by atoms with E-state index in [0.29, 0.717) is 28.7 Å². The Hall–Kier alpha value is -3.67. The molecule has 1 aromatic carbocycles. The van der Waals surface area contributed by atoms with E-state index in [0.717, 1.165) is 0 Å². The number of benzene rings is 1. The van der Waals surface area contributed by atoms with Crippen LogP contribution in [-0.2, 0) is 20.9 Å². The lowest BCUT2D eigenvalue weighted by Gasteiger charge is -2.40. The highest BCUT2D eigenvalue weighted by Crippen LogP contribution is 2.51. The summed E-state index contributed by atoms with van der Waals surface area (Å²) in [5, 5.41) is 23.3. The van der Waals surface area contributed by atoms with Crippen molar-refractivity contribution >= 4 is 18.1 Å². The Morgan fingerprint density at radius 2 is 2.08 bits per heavy atom. The molecule has 11 nitrogen and oxygen atoms in total. The minimum Gasteiger partial charge on any atom is -0.493 e. The SMILES string of the molecule is COCC(=O)N(Cc1ccoc1)C1C=C(C(=O)NCCO)C2c3cc(C=O)cc(OC)c3OC2C1O. The quantitative estimate of drug-likeness (QED) is 0.394. The van der Waals surface area contributed by atoms with Crippen LogP contribution < -0.4 is 14.8 Å². The van der Waals surface area contributed by atoms with E-state index >= 15 is 0 Å². The number of carbonyl (C=O) groups excluding carboxylic acids is 3. The molecule has 2 aromatic rings. The lowest BCUT2D eigenvalue weighted by Crippen LogP contribution is -2.56. The molecule has 0 spiro atoms. The number of fused-ring (bicyclic) bond motifs is 3. The molecule has 0 fully saturated rings. The Morgan fingerprint density at radius 3 is 2.72 bits per heavy atom. The topological polar surface area (TPSA) is 148 Å². The summed E-state index contributed by atoms with van der Waals surface area (Å²) in [7, 11) is 2.81. The van der Waals surface area contributed by atoms with E-state index in [-0.39, 0.29) is 37.6 Å². The van der Waals surface area contributed by atoms with Gasteiger partial charge in [0.1, 0.15) is 25.1 Å². The zero-order chi connectivity index (χ0) is 25.8. The number of methoxy groups -OCH3 is 2. The van der Waals surface area contributed by atoms with Crippen molar-refractivity contribution in [3.8, 4) is 11.5 Å². The number of nitrogens with one attached hydrogen (secondary N) is 1. The molecular formula is C25H28N2O9. The minimum absolute atomic E-state index is 0.00747. The molecule has 2 aliphatic rings. The van der Waals surface area contributed by atoms with E-state index in [1.807, 2.05) is 0 Å². The molecule has 4 rings (SSSR count). The predicted molar refractivity (Wildman–Crippen MR) is 125 cm³/mol. The van der Waals surface area contributed by atoms with Crippen molar-refractivity contribution in [2.75, 3.05) is 34.0 Å². The number of aldehydes is 1. The fourth-order valence-corrected chi connectivity index (χ4v) is 4.70. The van der Waals surface area contributed by atoms with E-state index < -0.39 is 36.0 Å². The van der Waals surface area contributed by atoms with Gasteiger partial charge < -0.3 is 39.1 Å². The Labute approximate surface area is 207 Å². The van der Waals surface area contributed by atoms with Gasteiger partial charge in [0.05, 0.1) is 38.2 Å². The van der Waals surface area contributed by atoms with Gasteiger partial charge in [0.25, 0.3) is 0 Å². The number of furan rings is 1. The maximum absolute atomic E-state index is 13.2. The fourth-order valence-electron chi connectivity index (χ4n) is 4.70. The van der Waals surface area contributed by atoms with Crippen molar-refractivity contribution in [1.82, 2.24) is 10.2 Å². The van der Waals surface area contributed by atoms with Gasteiger partial charge >= 0.3 is 0 Å². The molecule has 192 valence electrons. The number of hydrogen-bond donors (Lipinski definition) is 3. The molecule has 0 saturated carbocycles. The number of carbonyl (C=O) groups is 3. The van der Waals surface area contributed by atoms with E-state index in [1.165, 1.54) is 43.8 Å². The van der Waals surface area contributed by atoms with Crippen molar-refractivity contribution in [2.45, 2.75) is 30.7 Å². The molecule has 3 N–H and O–H groups in total. The van der Waals surface area contributed by atoms with Gasteiger partial charge in [-0.15, -0.1) is 0 Å². The van der Waals surface area contributed by atoms with E-state index in [1.54, 1.807) is 12.1 Å². The van der Waals surface area contributed by atoms with E-state index in [4.69, 9.17) is 18.6 Å². The second kappa shape index (κ2) is 10.9. The van der Waals surface area contributed by atoms with Gasteiger partial charge in [-0.05, 0) is 24.3 Å². The number of rotatable bonds is 10. The first-order valence-electron chi connectivity index (χ1n) is 11.4. The maximum atomic E-state index is 13.2. The first-order valence-corrected chi connectivity index (χ1v) is 11.4. The average Bonchev–Trinajstić information content (AvgIpc) is 3.54. The third-order valence-corrected chi connectivity index (χ3v) is 6.29. The van der Waals surface area contributed by atoms with Gasteiger partial charge in [-0.3, -0.25) is 14.4 Å². The van der Waals surface area contributed by atoms with Gasteiger partial charge in [-0.25, -0.2) is 0 Å². The van der Waals surface area contributed by atoms with Crippen LogP contribution in [0.25, 0.3) is 0 Å². The Morgan fingerprint density at radius 1 is 1.28 bits per heavy atom. The molecule has 4 unspecified atom stereocenters. The van der Waals surface area contributed by atoms with E-state index in [2.05, 4.69) is 5.32 Å². The molecule has 1 aromatic heterocycles. The number of aliphatic hydroxyl groups excluding tert-OH is 2. The molecule has 0 bridgehead atoms. The lowest BCUT2D eigenvalue weighted by atomic mass is 9.77. The fraction of sp³-hybridized carbons (Fsp3) is 0.400. The summed E-state index contributed by atoms with van der Waals surface area (Å²) in [6.07, 6.45) is 2.95. The summed E-state index contributed by atoms with van der Waals surface area (Å²) in [6, 6.07) is 3.84. The molecule has 2 heterocycles. The minimum atomic E-state index is -1.24. The lowest BCUT2D eigenvalue weighted by molar-refractivity contribution is -0.141. The maximum Gasteiger partial charge on any atom is 0.249 e. The van der Waals surface area contributed by atoms with Crippen molar-refractivity contribution in [2.24, 2.45) is 0 Å². The summed E-state index contributed by atoms with van der Waals surface area (Å²) in [5.74, 6) is -1.06. The monoisotopic (exact) mass is 500 g/mol. The van der Waals surface area contributed by atoms with Crippen LogP contribution in [0.4, 0.5) is 0 Å². The number of amides is 2. The Bertz CT molecular complexity index is 1140. The van der Waals surface area contributed by atoms with Crippen LogP contribution in [0.15, 0.2) is 46.8 Å². The Kier molecular flexibility index (Phi) is 7.73. The normalized spacial score (nSPS) is 22.1.